The highest BCUT2D eigenvalue weighted by Crippen LogP contribution is 2.15. The van der Waals surface area contributed by atoms with Gasteiger partial charge in [-0.15, -0.1) is 0 Å². The molecule has 6 nitrogen and oxygen atoms in total. The van der Waals surface area contributed by atoms with Gasteiger partial charge in [0.15, 0.2) is 0 Å². The molecule has 120 valence electrons. The number of fused-ring (bicyclic) bond motifs is 1. The van der Waals surface area contributed by atoms with E-state index in [1.807, 2.05) is 25.1 Å². The molecule has 0 bridgehead atoms. The zero-order valence-corrected chi connectivity index (χ0v) is 13.1. The van der Waals surface area contributed by atoms with E-state index in [0.29, 0.717) is 25.8 Å². The first-order valence-corrected chi connectivity index (χ1v) is 7.48. The van der Waals surface area contributed by atoms with Crippen molar-refractivity contribution >= 4 is 16.9 Å². The number of nitrogens with one attached hydrogen (secondary N) is 2. The van der Waals surface area contributed by atoms with Gasteiger partial charge >= 0.3 is 0 Å². The molecule has 1 aromatic heterocycles. The first-order chi connectivity index (χ1) is 10.6. The second-order valence-corrected chi connectivity index (χ2v) is 5.40. The predicted octanol–water partition coefficient (Wildman–Crippen LogP) is 1.32. The third-order valence-electron chi connectivity index (χ3n) is 3.51. The fourth-order valence-corrected chi connectivity index (χ4v) is 2.32. The number of aromatic amines is 1. The van der Waals surface area contributed by atoms with Crippen molar-refractivity contribution in [2.24, 2.45) is 0 Å². The third kappa shape index (κ3) is 4.54. The highest BCUT2D eigenvalue weighted by atomic mass is 16.5. The summed E-state index contributed by atoms with van der Waals surface area (Å²) < 4.78 is 4.83. The molecular formula is C16H23N3O3. The zero-order chi connectivity index (χ0) is 15.9. The van der Waals surface area contributed by atoms with Crippen LogP contribution in [0.3, 0.4) is 0 Å². The molecule has 1 atom stereocenters. The lowest BCUT2D eigenvalue weighted by atomic mass is 10.2. The SMILES string of the molecule is COCC(O)CCNC(=O)CCc1nc2c(C)cccc2[nH]1. The summed E-state index contributed by atoms with van der Waals surface area (Å²) in [7, 11) is 1.54. The molecule has 0 radical (unpaired) electrons. The molecule has 0 saturated carbocycles. The topological polar surface area (TPSA) is 87.2 Å². The molecular weight excluding hydrogens is 282 g/mol. The maximum Gasteiger partial charge on any atom is 0.220 e. The van der Waals surface area contributed by atoms with Gasteiger partial charge in [-0.1, -0.05) is 12.1 Å². The number of hydrogen-bond donors (Lipinski definition) is 3. The Kier molecular flexibility index (Phi) is 5.91. The van der Waals surface area contributed by atoms with Crippen LogP contribution in [0.15, 0.2) is 18.2 Å². The summed E-state index contributed by atoms with van der Waals surface area (Å²) in [6, 6.07) is 5.98. The molecule has 0 aliphatic carbocycles. The van der Waals surface area contributed by atoms with Gasteiger partial charge in [-0.05, 0) is 25.0 Å². The van der Waals surface area contributed by atoms with Crippen molar-refractivity contribution in [1.29, 1.82) is 0 Å². The Morgan fingerprint density at radius 1 is 1.50 bits per heavy atom. The van der Waals surface area contributed by atoms with E-state index in [1.54, 1.807) is 0 Å². The lowest BCUT2D eigenvalue weighted by Crippen LogP contribution is -2.28. The summed E-state index contributed by atoms with van der Waals surface area (Å²) in [6.07, 6.45) is 0.895. The van der Waals surface area contributed by atoms with Crippen LogP contribution in [-0.4, -0.2) is 47.3 Å². The number of ether oxygens (including phenoxy) is 1. The summed E-state index contributed by atoms with van der Waals surface area (Å²) >= 11 is 0. The molecule has 1 heterocycles. The van der Waals surface area contributed by atoms with Crippen LogP contribution >= 0.6 is 0 Å². The Morgan fingerprint density at radius 2 is 2.32 bits per heavy atom. The molecule has 2 aromatic rings. The first kappa shape index (κ1) is 16.5. The fourth-order valence-electron chi connectivity index (χ4n) is 2.32. The van der Waals surface area contributed by atoms with E-state index < -0.39 is 6.10 Å². The molecule has 6 heteroatoms. The number of aliphatic hydroxyl groups is 1. The maximum atomic E-state index is 11.8. The van der Waals surface area contributed by atoms with Gasteiger partial charge < -0.3 is 20.1 Å². The van der Waals surface area contributed by atoms with Crippen molar-refractivity contribution in [1.82, 2.24) is 15.3 Å². The molecule has 0 aliphatic heterocycles. The van der Waals surface area contributed by atoms with E-state index in [0.717, 1.165) is 22.4 Å². The van der Waals surface area contributed by atoms with Gasteiger partial charge in [-0.25, -0.2) is 4.98 Å². The van der Waals surface area contributed by atoms with Crippen LogP contribution in [0.4, 0.5) is 0 Å². The van der Waals surface area contributed by atoms with Crippen molar-refractivity contribution in [3.63, 3.8) is 0 Å². The van der Waals surface area contributed by atoms with E-state index in [2.05, 4.69) is 15.3 Å². The van der Waals surface area contributed by atoms with E-state index in [-0.39, 0.29) is 12.5 Å². The monoisotopic (exact) mass is 305 g/mol. The number of H-pyrrole nitrogens is 1. The number of aliphatic hydroxyl groups excluding tert-OH is 1. The first-order valence-electron chi connectivity index (χ1n) is 7.48. The van der Waals surface area contributed by atoms with Crippen LogP contribution in [0.25, 0.3) is 11.0 Å². The average Bonchev–Trinajstić information content (AvgIpc) is 2.90. The third-order valence-corrected chi connectivity index (χ3v) is 3.51. The summed E-state index contributed by atoms with van der Waals surface area (Å²) in [4.78, 5) is 19.5. The molecule has 0 spiro atoms. The van der Waals surface area contributed by atoms with Crippen LogP contribution < -0.4 is 5.32 Å². The molecule has 3 N–H and O–H groups in total. The number of rotatable bonds is 8. The quantitative estimate of drug-likeness (QED) is 0.686. The standard InChI is InChI=1S/C16H23N3O3/c1-11-4-3-5-13-16(11)19-14(18-13)6-7-15(21)17-9-8-12(20)10-22-2/h3-5,12,20H,6-10H2,1-2H3,(H,17,21)(H,18,19). The minimum atomic E-state index is -0.538. The molecule has 0 aliphatic rings. The normalized spacial score (nSPS) is 12.5. The Morgan fingerprint density at radius 3 is 3.05 bits per heavy atom. The van der Waals surface area contributed by atoms with E-state index in [9.17, 15) is 9.90 Å². The van der Waals surface area contributed by atoms with Crippen molar-refractivity contribution in [2.45, 2.75) is 32.3 Å². The van der Waals surface area contributed by atoms with E-state index in [4.69, 9.17) is 4.74 Å². The number of benzene rings is 1. The van der Waals surface area contributed by atoms with Gasteiger partial charge in [0.25, 0.3) is 0 Å². The van der Waals surface area contributed by atoms with Crippen LogP contribution in [0.5, 0.6) is 0 Å². The fraction of sp³-hybridized carbons (Fsp3) is 0.500. The van der Waals surface area contributed by atoms with Gasteiger partial charge in [-0.2, -0.15) is 0 Å². The highest BCUT2D eigenvalue weighted by molar-refractivity contribution is 5.79. The molecule has 0 fully saturated rings. The second kappa shape index (κ2) is 7.91. The molecule has 1 aromatic carbocycles. The molecule has 22 heavy (non-hydrogen) atoms. The summed E-state index contributed by atoms with van der Waals surface area (Å²) in [5, 5.41) is 12.3. The Bertz CT molecular complexity index is 624. The Balaban J connectivity index is 1.77. The minimum Gasteiger partial charge on any atom is -0.391 e. The summed E-state index contributed by atoms with van der Waals surface area (Å²) in [6.45, 7) is 2.75. The molecule has 2 rings (SSSR count). The van der Waals surface area contributed by atoms with Gasteiger partial charge in [-0.3, -0.25) is 4.79 Å². The lowest BCUT2D eigenvalue weighted by Gasteiger charge is -2.09. The van der Waals surface area contributed by atoms with Crippen LogP contribution in [0.2, 0.25) is 0 Å². The maximum absolute atomic E-state index is 11.8. The number of carbonyl (C=O) groups excluding carboxylic acids is 1. The van der Waals surface area contributed by atoms with Gasteiger partial charge in [0, 0.05) is 26.5 Å². The van der Waals surface area contributed by atoms with Gasteiger partial charge in [0.05, 0.1) is 23.7 Å². The molecule has 0 saturated heterocycles. The average molecular weight is 305 g/mol. The number of amides is 1. The van der Waals surface area contributed by atoms with Gasteiger partial charge in [0.2, 0.25) is 5.91 Å². The smallest absolute Gasteiger partial charge is 0.220 e. The highest BCUT2D eigenvalue weighted by Gasteiger charge is 2.08. The van der Waals surface area contributed by atoms with Crippen LogP contribution in [0.1, 0.15) is 24.2 Å². The Hall–Kier alpha value is -1.92. The number of aryl methyl sites for hydroxylation is 2. The van der Waals surface area contributed by atoms with Crippen molar-refractivity contribution in [3.05, 3.63) is 29.6 Å². The predicted molar refractivity (Wildman–Crippen MR) is 84.7 cm³/mol. The van der Waals surface area contributed by atoms with Crippen molar-refractivity contribution in [2.75, 3.05) is 20.3 Å². The Labute approximate surface area is 129 Å². The number of imidazole rings is 1. The van der Waals surface area contributed by atoms with Crippen LogP contribution in [-0.2, 0) is 16.0 Å². The number of methoxy groups -OCH3 is 1. The number of hydrogen-bond acceptors (Lipinski definition) is 4. The number of aromatic nitrogens is 2. The van der Waals surface area contributed by atoms with Gasteiger partial charge in [0.1, 0.15) is 5.82 Å². The molecule has 1 unspecified atom stereocenters. The summed E-state index contributed by atoms with van der Waals surface area (Å²) in [5.74, 6) is 0.778. The van der Waals surface area contributed by atoms with Crippen molar-refractivity contribution < 1.29 is 14.6 Å². The van der Waals surface area contributed by atoms with Crippen LogP contribution in [0, 0.1) is 6.92 Å². The number of carbonyl (C=O) groups is 1. The van der Waals surface area contributed by atoms with Crippen molar-refractivity contribution in [3.8, 4) is 0 Å². The summed E-state index contributed by atoms with van der Waals surface area (Å²) in [5.41, 5.74) is 3.08. The zero-order valence-electron chi connectivity index (χ0n) is 13.1. The largest absolute Gasteiger partial charge is 0.391 e. The minimum absolute atomic E-state index is 0.0400. The second-order valence-electron chi connectivity index (χ2n) is 5.40. The number of nitrogens with zero attached hydrogens (tertiary/aromatic N) is 1. The molecule has 1 amide bonds. The van der Waals surface area contributed by atoms with E-state index in [1.165, 1.54) is 7.11 Å². The van der Waals surface area contributed by atoms with E-state index >= 15 is 0 Å². The lowest BCUT2D eigenvalue weighted by molar-refractivity contribution is -0.121. The number of para-hydroxylation sites is 1.